The first-order valence-corrected chi connectivity index (χ1v) is 6.62. The van der Waals surface area contributed by atoms with Crippen molar-refractivity contribution in [1.29, 1.82) is 0 Å². The van der Waals surface area contributed by atoms with Crippen LogP contribution in [-0.4, -0.2) is 21.0 Å². The topological polar surface area (TPSA) is 75.1 Å². The lowest BCUT2D eigenvalue weighted by Gasteiger charge is -2.14. The summed E-state index contributed by atoms with van der Waals surface area (Å²) in [5, 5.41) is 12.8. The molecule has 102 valence electrons. The second kappa shape index (κ2) is 5.09. The van der Waals surface area contributed by atoms with Gasteiger partial charge in [0, 0.05) is 17.4 Å². The summed E-state index contributed by atoms with van der Waals surface area (Å²) in [5.41, 5.74) is 2.39. The fourth-order valence-corrected chi connectivity index (χ4v) is 2.70. The molecule has 0 amide bonds. The molecular weight excluding hydrogens is 278 g/mol. The molecule has 20 heavy (non-hydrogen) atoms. The van der Waals surface area contributed by atoms with Crippen LogP contribution < -0.4 is 5.32 Å². The number of hydrogen-bond donors (Lipinski definition) is 2. The van der Waals surface area contributed by atoms with Crippen molar-refractivity contribution in [1.82, 2.24) is 9.97 Å². The van der Waals surface area contributed by atoms with Gasteiger partial charge in [-0.1, -0.05) is 23.7 Å². The maximum absolute atomic E-state index is 10.7. The molecular formula is C14H12ClN3O2. The van der Waals surface area contributed by atoms with Crippen molar-refractivity contribution in [3.8, 4) is 0 Å². The monoisotopic (exact) mass is 289 g/mol. The maximum atomic E-state index is 10.7. The molecule has 0 saturated heterocycles. The summed E-state index contributed by atoms with van der Waals surface area (Å²) in [4.78, 5) is 18.8. The molecule has 1 aromatic heterocycles. The number of anilines is 1. The minimum atomic E-state index is -1.03. The predicted molar refractivity (Wildman–Crippen MR) is 75.1 cm³/mol. The van der Waals surface area contributed by atoms with Gasteiger partial charge >= 0.3 is 5.97 Å². The third kappa shape index (κ3) is 2.32. The molecule has 1 aliphatic rings. The predicted octanol–water partition coefficient (Wildman–Crippen LogP) is 2.93. The molecule has 2 N–H and O–H groups in total. The van der Waals surface area contributed by atoms with E-state index in [1.165, 1.54) is 12.4 Å². The van der Waals surface area contributed by atoms with Gasteiger partial charge in [-0.3, -0.25) is 0 Å². The fraction of sp³-hybridized carbons (Fsp3) is 0.214. The van der Waals surface area contributed by atoms with Crippen molar-refractivity contribution in [2.75, 3.05) is 5.32 Å². The Morgan fingerprint density at radius 1 is 1.35 bits per heavy atom. The van der Waals surface area contributed by atoms with Crippen molar-refractivity contribution in [2.24, 2.45) is 0 Å². The van der Waals surface area contributed by atoms with Crippen LogP contribution in [0.2, 0.25) is 5.02 Å². The van der Waals surface area contributed by atoms with Gasteiger partial charge in [0.05, 0.1) is 11.6 Å². The molecule has 1 aliphatic carbocycles. The van der Waals surface area contributed by atoms with Crippen molar-refractivity contribution >= 4 is 23.5 Å². The lowest BCUT2D eigenvalue weighted by molar-refractivity contribution is 0.0696. The first kappa shape index (κ1) is 12.9. The van der Waals surface area contributed by atoms with E-state index in [0.717, 1.165) is 29.0 Å². The van der Waals surface area contributed by atoms with E-state index < -0.39 is 5.97 Å². The summed E-state index contributed by atoms with van der Waals surface area (Å²) >= 11 is 6.17. The average molecular weight is 290 g/mol. The second-order valence-corrected chi connectivity index (χ2v) is 5.05. The number of aromatic nitrogens is 2. The van der Waals surface area contributed by atoms with Crippen LogP contribution in [0.5, 0.6) is 0 Å². The van der Waals surface area contributed by atoms with Crippen LogP contribution in [0.1, 0.15) is 33.9 Å². The van der Waals surface area contributed by atoms with Gasteiger partial charge in [0.1, 0.15) is 0 Å². The third-order valence-corrected chi connectivity index (χ3v) is 3.77. The van der Waals surface area contributed by atoms with Crippen LogP contribution in [0.15, 0.2) is 30.6 Å². The Kier molecular flexibility index (Phi) is 3.28. The van der Waals surface area contributed by atoms with Crippen LogP contribution in [-0.2, 0) is 6.42 Å². The van der Waals surface area contributed by atoms with Crippen molar-refractivity contribution in [2.45, 2.75) is 18.9 Å². The Morgan fingerprint density at radius 2 is 2.10 bits per heavy atom. The summed E-state index contributed by atoms with van der Waals surface area (Å²) in [6.45, 7) is 0. The minimum absolute atomic E-state index is 0.0745. The first-order chi connectivity index (χ1) is 9.65. The SMILES string of the molecule is O=C(O)c1cnc(N[C@@H]2CCc3c(Cl)cccc32)nc1. The van der Waals surface area contributed by atoms with Crippen molar-refractivity contribution in [3.63, 3.8) is 0 Å². The van der Waals surface area contributed by atoms with Gasteiger partial charge in [-0.05, 0) is 30.0 Å². The first-order valence-electron chi connectivity index (χ1n) is 6.24. The number of rotatable bonds is 3. The quantitative estimate of drug-likeness (QED) is 0.908. The number of carboxylic acid groups (broad SMARTS) is 1. The van der Waals surface area contributed by atoms with Gasteiger partial charge in [-0.15, -0.1) is 0 Å². The van der Waals surface area contributed by atoms with E-state index in [1.54, 1.807) is 0 Å². The standard InChI is InChI=1S/C14H12ClN3O2/c15-11-3-1-2-10-9(11)4-5-12(10)18-14-16-6-8(7-17-14)13(19)20/h1-3,6-7,12H,4-5H2,(H,19,20)(H,16,17,18)/t12-/m1/s1. The Bertz CT molecular complexity index is 658. The molecule has 1 atom stereocenters. The van der Waals surface area contributed by atoms with E-state index in [4.69, 9.17) is 16.7 Å². The van der Waals surface area contributed by atoms with Crippen LogP contribution in [0.3, 0.4) is 0 Å². The van der Waals surface area contributed by atoms with Gasteiger partial charge in [-0.2, -0.15) is 0 Å². The van der Waals surface area contributed by atoms with E-state index in [2.05, 4.69) is 15.3 Å². The molecule has 5 nitrogen and oxygen atoms in total. The molecule has 0 unspecified atom stereocenters. The number of fused-ring (bicyclic) bond motifs is 1. The molecule has 2 aromatic rings. The number of benzene rings is 1. The average Bonchev–Trinajstić information content (AvgIpc) is 2.84. The Labute approximate surface area is 120 Å². The summed E-state index contributed by atoms with van der Waals surface area (Å²) in [6.07, 6.45) is 4.43. The smallest absolute Gasteiger partial charge is 0.338 e. The Morgan fingerprint density at radius 3 is 2.80 bits per heavy atom. The molecule has 0 fully saturated rings. The number of carbonyl (C=O) groups is 1. The Balaban J connectivity index is 1.80. The lowest BCUT2D eigenvalue weighted by atomic mass is 10.1. The highest BCUT2D eigenvalue weighted by molar-refractivity contribution is 6.31. The van der Waals surface area contributed by atoms with Gasteiger partial charge in [0.2, 0.25) is 5.95 Å². The maximum Gasteiger partial charge on any atom is 0.338 e. The van der Waals surface area contributed by atoms with Crippen molar-refractivity contribution < 1.29 is 9.90 Å². The summed E-state index contributed by atoms with van der Waals surface area (Å²) in [5.74, 6) is -0.609. The van der Waals surface area contributed by atoms with Gasteiger partial charge in [0.15, 0.2) is 0 Å². The lowest BCUT2D eigenvalue weighted by Crippen LogP contribution is -2.10. The molecule has 0 radical (unpaired) electrons. The highest BCUT2D eigenvalue weighted by atomic mass is 35.5. The van der Waals surface area contributed by atoms with Crippen LogP contribution in [0.25, 0.3) is 0 Å². The zero-order chi connectivity index (χ0) is 14.1. The summed E-state index contributed by atoms with van der Waals surface area (Å²) in [6, 6.07) is 5.97. The van der Waals surface area contributed by atoms with E-state index in [1.807, 2.05) is 18.2 Å². The normalized spacial score (nSPS) is 16.8. The highest BCUT2D eigenvalue weighted by Gasteiger charge is 2.24. The molecule has 0 aliphatic heterocycles. The van der Waals surface area contributed by atoms with E-state index in [9.17, 15) is 4.79 Å². The molecule has 0 spiro atoms. The van der Waals surface area contributed by atoms with E-state index >= 15 is 0 Å². The van der Waals surface area contributed by atoms with Gasteiger partial charge in [0.25, 0.3) is 0 Å². The molecule has 6 heteroatoms. The highest BCUT2D eigenvalue weighted by Crippen LogP contribution is 2.36. The molecule has 3 rings (SSSR count). The Hall–Kier alpha value is -2.14. The molecule has 1 aromatic carbocycles. The number of nitrogens with zero attached hydrogens (tertiary/aromatic N) is 2. The number of nitrogens with one attached hydrogen (secondary N) is 1. The third-order valence-electron chi connectivity index (χ3n) is 3.42. The number of halogens is 1. The van der Waals surface area contributed by atoms with Crippen LogP contribution in [0, 0.1) is 0 Å². The van der Waals surface area contributed by atoms with E-state index in [0.29, 0.717) is 5.95 Å². The fourth-order valence-electron chi connectivity index (χ4n) is 2.43. The molecule has 1 heterocycles. The molecule has 0 bridgehead atoms. The number of hydrogen-bond acceptors (Lipinski definition) is 4. The zero-order valence-electron chi connectivity index (χ0n) is 10.5. The zero-order valence-corrected chi connectivity index (χ0v) is 11.3. The van der Waals surface area contributed by atoms with Gasteiger partial charge in [-0.25, -0.2) is 14.8 Å². The second-order valence-electron chi connectivity index (χ2n) is 4.64. The largest absolute Gasteiger partial charge is 0.478 e. The van der Waals surface area contributed by atoms with Crippen molar-refractivity contribution in [3.05, 3.63) is 52.3 Å². The van der Waals surface area contributed by atoms with Crippen LogP contribution in [0.4, 0.5) is 5.95 Å². The molecule has 0 saturated carbocycles. The minimum Gasteiger partial charge on any atom is -0.478 e. The number of carboxylic acids is 1. The van der Waals surface area contributed by atoms with Crippen LogP contribution >= 0.6 is 11.6 Å². The summed E-state index contributed by atoms with van der Waals surface area (Å²) in [7, 11) is 0. The van der Waals surface area contributed by atoms with E-state index in [-0.39, 0.29) is 11.6 Å². The number of aromatic carboxylic acids is 1. The summed E-state index contributed by atoms with van der Waals surface area (Å²) < 4.78 is 0. The van der Waals surface area contributed by atoms with Gasteiger partial charge < -0.3 is 10.4 Å².